The molecule has 2 saturated carbocycles. The Labute approximate surface area is 255 Å². The Balaban J connectivity index is 0.940. The number of pyridine rings is 2. The van der Waals surface area contributed by atoms with Crippen LogP contribution >= 0.6 is 0 Å². The molecule has 3 aromatic rings. The highest BCUT2D eigenvalue weighted by atomic mass is 15.1. The van der Waals surface area contributed by atoms with Crippen LogP contribution in [-0.4, -0.2) is 20.2 Å². The van der Waals surface area contributed by atoms with E-state index >= 15 is 0 Å². The highest BCUT2D eigenvalue weighted by Crippen LogP contribution is 2.34. The van der Waals surface area contributed by atoms with Crippen LogP contribution < -0.4 is 0 Å². The fourth-order valence-corrected chi connectivity index (χ4v) is 6.15. The maximum Gasteiger partial charge on any atom is 0.0945 e. The summed E-state index contributed by atoms with van der Waals surface area (Å²) in [4.78, 5) is 9.42. The molecule has 2 aliphatic rings. The van der Waals surface area contributed by atoms with Crippen LogP contribution in [0.25, 0.3) is 22.5 Å². The first-order valence-corrected chi connectivity index (χ1v) is 17.6. The van der Waals surface area contributed by atoms with Crippen molar-refractivity contribution in [2.75, 3.05) is 0 Å². The van der Waals surface area contributed by atoms with E-state index in [2.05, 4.69) is 34.5 Å². The molecule has 4 nitrogen and oxygen atoms in total. The summed E-state index contributed by atoms with van der Waals surface area (Å²) in [5, 5.41) is 9.00. The van der Waals surface area contributed by atoms with Crippen molar-refractivity contribution in [1.29, 1.82) is 0 Å². The van der Waals surface area contributed by atoms with Gasteiger partial charge in [0.2, 0.25) is 0 Å². The largest absolute Gasteiger partial charge is 0.261 e. The quantitative estimate of drug-likeness (QED) is 0.113. The van der Waals surface area contributed by atoms with Crippen LogP contribution in [0.2, 0.25) is 0 Å². The van der Waals surface area contributed by atoms with E-state index < -0.39 is 0 Å². The van der Waals surface area contributed by atoms with Crippen LogP contribution in [-0.2, 0) is 12.8 Å². The minimum Gasteiger partial charge on any atom is -0.261 e. The van der Waals surface area contributed by atoms with Crippen molar-refractivity contribution in [3.63, 3.8) is 0 Å². The van der Waals surface area contributed by atoms with E-state index in [1.165, 1.54) is 140 Å². The maximum absolute atomic E-state index is 4.71. The van der Waals surface area contributed by atoms with Gasteiger partial charge >= 0.3 is 0 Å². The van der Waals surface area contributed by atoms with Crippen molar-refractivity contribution in [1.82, 2.24) is 20.2 Å². The molecule has 4 heteroatoms. The van der Waals surface area contributed by atoms with Crippen LogP contribution in [0.4, 0.5) is 0 Å². The predicted octanol–water partition coefficient (Wildman–Crippen LogP) is 10.7. The number of aryl methyl sites for hydroxylation is 2. The Morgan fingerprint density at radius 3 is 1.14 bits per heavy atom. The van der Waals surface area contributed by atoms with Gasteiger partial charge in [-0.15, -0.1) is 10.2 Å². The van der Waals surface area contributed by atoms with E-state index in [0.29, 0.717) is 0 Å². The molecule has 0 bridgehead atoms. The van der Waals surface area contributed by atoms with Crippen molar-refractivity contribution >= 4 is 0 Å². The first-order chi connectivity index (χ1) is 20.8. The van der Waals surface area contributed by atoms with Crippen LogP contribution in [0.1, 0.15) is 140 Å². The monoisotopic (exact) mass is 566 g/mol. The third-order valence-electron chi connectivity index (χ3n) is 9.39. The molecule has 3 heterocycles. The molecule has 0 N–H and O–H groups in total. The number of unbranched alkanes of at least 4 members (excludes halogenated alkanes) is 12. The smallest absolute Gasteiger partial charge is 0.0945 e. The highest BCUT2D eigenvalue weighted by molar-refractivity contribution is 5.62. The third-order valence-corrected chi connectivity index (χ3v) is 9.39. The molecular formula is C38H54N4. The average molecular weight is 567 g/mol. The zero-order valence-corrected chi connectivity index (χ0v) is 26.1. The lowest BCUT2D eigenvalue weighted by molar-refractivity contribution is 0.552. The van der Waals surface area contributed by atoms with Gasteiger partial charge in [-0.25, -0.2) is 0 Å². The molecule has 42 heavy (non-hydrogen) atoms. The summed E-state index contributed by atoms with van der Waals surface area (Å²) in [6.07, 6.45) is 34.2. The van der Waals surface area contributed by atoms with Crippen LogP contribution in [0.15, 0.2) is 48.8 Å². The molecule has 3 aromatic heterocycles. The van der Waals surface area contributed by atoms with Gasteiger partial charge in [0.25, 0.3) is 0 Å². The summed E-state index contributed by atoms with van der Waals surface area (Å²) in [6.45, 7) is 0. The van der Waals surface area contributed by atoms with E-state index in [1.807, 2.05) is 24.5 Å². The number of aromatic nitrogens is 4. The lowest BCUT2D eigenvalue weighted by Crippen LogP contribution is -1.95. The molecule has 0 amide bonds. The van der Waals surface area contributed by atoms with Gasteiger partial charge in [-0.3, -0.25) is 9.97 Å². The van der Waals surface area contributed by atoms with Crippen molar-refractivity contribution < 1.29 is 0 Å². The molecule has 0 radical (unpaired) electrons. The van der Waals surface area contributed by atoms with Crippen LogP contribution in [0.3, 0.4) is 0 Å². The Hall–Kier alpha value is -2.62. The molecular weight excluding hydrogens is 512 g/mol. The van der Waals surface area contributed by atoms with E-state index in [9.17, 15) is 0 Å². The molecule has 0 atom stereocenters. The summed E-state index contributed by atoms with van der Waals surface area (Å²) < 4.78 is 0. The third kappa shape index (κ3) is 11.6. The van der Waals surface area contributed by atoms with Gasteiger partial charge in [-0.2, -0.15) is 0 Å². The molecule has 0 spiro atoms. The van der Waals surface area contributed by atoms with Crippen molar-refractivity contribution in [2.45, 2.75) is 141 Å². The fraction of sp³-hybridized carbons (Fsp3) is 0.632. The van der Waals surface area contributed by atoms with E-state index in [1.54, 1.807) is 0 Å². The van der Waals surface area contributed by atoms with Gasteiger partial charge in [-0.05, 0) is 73.9 Å². The van der Waals surface area contributed by atoms with Crippen LogP contribution in [0.5, 0.6) is 0 Å². The van der Waals surface area contributed by atoms with E-state index in [4.69, 9.17) is 9.97 Å². The van der Waals surface area contributed by atoms with Gasteiger partial charge in [0, 0.05) is 34.9 Å². The molecule has 0 unspecified atom stereocenters. The molecule has 0 saturated heterocycles. The van der Waals surface area contributed by atoms with Crippen LogP contribution in [0, 0.1) is 11.8 Å². The second-order valence-corrected chi connectivity index (χ2v) is 13.3. The minimum atomic E-state index is 0.868. The Morgan fingerprint density at radius 2 is 0.810 bits per heavy atom. The zero-order chi connectivity index (χ0) is 28.7. The SMILES string of the molecule is c1cc(CCCCCCCCCC2CC2)ncc1-c1ccc(-c2ccc(CCCCCCCCCC3CC3)nc2)nn1. The number of hydrogen-bond donors (Lipinski definition) is 0. The lowest BCUT2D eigenvalue weighted by Gasteiger charge is -2.06. The fourth-order valence-electron chi connectivity index (χ4n) is 6.15. The minimum absolute atomic E-state index is 0.868. The summed E-state index contributed by atoms with van der Waals surface area (Å²) >= 11 is 0. The molecule has 5 rings (SSSR count). The van der Waals surface area contributed by atoms with Gasteiger partial charge < -0.3 is 0 Å². The molecule has 226 valence electrons. The Morgan fingerprint density at radius 1 is 0.429 bits per heavy atom. The molecule has 2 aliphatic carbocycles. The van der Waals surface area contributed by atoms with Gasteiger partial charge in [-0.1, -0.05) is 116 Å². The summed E-state index contributed by atoms with van der Waals surface area (Å²) in [7, 11) is 0. The number of rotatable bonds is 22. The topological polar surface area (TPSA) is 51.6 Å². The van der Waals surface area contributed by atoms with Crippen molar-refractivity contribution in [2.24, 2.45) is 11.8 Å². The Kier molecular flexibility index (Phi) is 12.8. The van der Waals surface area contributed by atoms with Gasteiger partial charge in [0.1, 0.15) is 0 Å². The Bertz CT molecular complexity index is 1040. The number of nitrogens with zero attached hydrogens (tertiary/aromatic N) is 4. The van der Waals surface area contributed by atoms with Crippen molar-refractivity contribution in [3.8, 4) is 22.5 Å². The second-order valence-electron chi connectivity index (χ2n) is 13.3. The van der Waals surface area contributed by atoms with Crippen molar-refractivity contribution in [3.05, 3.63) is 60.2 Å². The second kappa shape index (κ2) is 17.5. The summed E-state index contributed by atoms with van der Waals surface area (Å²) in [5.41, 5.74) is 6.14. The predicted molar refractivity (Wildman–Crippen MR) is 175 cm³/mol. The number of hydrogen-bond acceptors (Lipinski definition) is 4. The average Bonchev–Trinajstić information content (AvgIpc) is 3.97. The highest BCUT2D eigenvalue weighted by Gasteiger charge is 2.20. The lowest BCUT2D eigenvalue weighted by atomic mass is 10.0. The van der Waals surface area contributed by atoms with Gasteiger partial charge in [0.15, 0.2) is 0 Å². The normalized spacial score (nSPS) is 14.9. The van der Waals surface area contributed by atoms with Gasteiger partial charge in [0.05, 0.1) is 11.4 Å². The summed E-state index contributed by atoms with van der Waals surface area (Å²) in [5.74, 6) is 2.19. The van der Waals surface area contributed by atoms with E-state index in [0.717, 1.165) is 47.2 Å². The molecule has 0 aromatic carbocycles. The van der Waals surface area contributed by atoms with E-state index in [-0.39, 0.29) is 0 Å². The molecule has 0 aliphatic heterocycles. The zero-order valence-electron chi connectivity index (χ0n) is 26.1. The molecule has 2 fully saturated rings. The summed E-state index contributed by atoms with van der Waals surface area (Å²) in [6, 6.07) is 12.7. The maximum atomic E-state index is 4.71. The first kappa shape index (κ1) is 30.8. The standard InChI is InChI=1S/C38H54N4/c1(3-7-11-15-31-19-20-31)5-9-13-17-35-25-23-33(29-39-35)37-27-28-38(42-41-37)34-24-26-36(40-30-34)18-14-10-6-2-4-8-12-16-32-21-22-32/h23-32H,1-22H2. The first-order valence-electron chi connectivity index (χ1n) is 17.6.